The minimum Gasteiger partial charge on any atom is -0.352 e. The van der Waals surface area contributed by atoms with Gasteiger partial charge in [-0.2, -0.15) is 0 Å². The predicted octanol–water partition coefficient (Wildman–Crippen LogP) is 2.76. The number of fused-ring (bicyclic) bond motifs is 1. The molecular formula is C16H20N2O2S. The van der Waals surface area contributed by atoms with Crippen molar-refractivity contribution in [2.45, 2.75) is 45.2 Å². The van der Waals surface area contributed by atoms with E-state index < -0.39 is 0 Å². The fourth-order valence-corrected chi connectivity index (χ4v) is 3.90. The molecule has 2 aromatic heterocycles. The van der Waals surface area contributed by atoms with E-state index in [1.807, 2.05) is 17.5 Å². The van der Waals surface area contributed by atoms with Crippen LogP contribution < -0.4 is 10.9 Å². The van der Waals surface area contributed by atoms with Crippen molar-refractivity contribution in [2.24, 2.45) is 5.92 Å². The molecular weight excluding hydrogens is 284 g/mol. The molecule has 1 amide bonds. The Morgan fingerprint density at radius 2 is 2.29 bits per heavy atom. The normalized spacial score (nSPS) is 22.3. The Morgan fingerprint density at radius 1 is 1.43 bits per heavy atom. The van der Waals surface area contributed by atoms with E-state index in [2.05, 4.69) is 12.2 Å². The Kier molecular flexibility index (Phi) is 4.10. The number of nitrogens with one attached hydrogen (secondary N) is 1. The molecule has 1 N–H and O–H groups in total. The Hall–Kier alpha value is -1.62. The number of hydrogen-bond acceptors (Lipinski definition) is 3. The van der Waals surface area contributed by atoms with Crippen molar-refractivity contribution in [2.75, 3.05) is 0 Å². The van der Waals surface area contributed by atoms with E-state index in [9.17, 15) is 9.59 Å². The number of thiophene rings is 1. The van der Waals surface area contributed by atoms with Crippen LogP contribution in [-0.2, 0) is 11.3 Å². The summed E-state index contributed by atoms with van der Waals surface area (Å²) in [7, 11) is 0. The van der Waals surface area contributed by atoms with Gasteiger partial charge < -0.3 is 9.88 Å². The van der Waals surface area contributed by atoms with E-state index in [4.69, 9.17) is 0 Å². The quantitative estimate of drug-likeness (QED) is 0.948. The van der Waals surface area contributed by atoms with Crippen molar-refractivity contribution < 1.29 is 4.79 Å². The Labute approximate surface area is 127 Å². The first-order valence-electron chi connectivity index (χ1n) is 7.49. The van der Waals surface area contributed by atoms with Gasteiger partial charge in [0, 0.05) is 16.9 Å². The molecule has 0 saturated heterocycles. The molecule has 2 atom stereocenters. The Morgan fingerprint density at radius 3 is 3.10 bits per heavy atom. The largest absolute Gasteiger partial charge is 0.352 e. The van der Waals surface area contributed by atoms with Crippen LogP contribution in [0.5, 0.6) is 0 Å². The van der Waals surface area contributed by atoms with Gasteiger partial charge in [0.1, 0.15) is 6.54 Å². The lowest BCUT2D eigenvalue weighted by Crippen LogP contribution is -2.40. The van der Waals surface area contributed by atoms with Crippen LogP contribution in [0.15, 0.2) is 28.5 Å². The smallest absolute Gasteiger partial charge is 0.259 e. The van der Waals surface area contributed by atoms with Gasteiger partial charge in [0.05, 0.1) is 5.39 Å². The van der Waals surface area contributed by atoms with Crippen LogP contribution in [0.3, 0.4) is 0 Å². The van der Waals surface area contributed by atoms with E-state index in [0.29, 0.717) is 11.3 Å². The number of nitrogens with zero attached hydrogens (tertiary/aromatic N) is 1. The fraction of sp³-hybridized carbons (Fsp3) is 0.500. The maximum absolute atomic E-state index is 12.3. The third kappa shape index (κ3) is 3.18. The van der Waals surface area contributed by atoms with Crippen LogP contribution in [0, 0.1) is 5.92 Å². The third-order valence-electron chi connectivity index (χ3n) is 4.21. The molecule has 2 aromatic rings. The van der Waals surface area contributed by atoms with E-state index in [1.54, 1.807) is 17.5 Å². The summed E-state index contributed by atoms with van der Waals surface area (Å²) >= 11 is 1.54. The molecule has 112 valence electrons. The lowest BCUT2D eigenvalue weighted by atomic mass is 9.87. The number of carbonyl (C=O) groups excluding carboxylic acids is 1. The molecule has 0 aliphatic heterocycles. The van der Waals surface area contributed by atoms with Gasteiger partial charge >= 0.3 is 0 Å². The van der Waals surface area contributed by atoms with Gasteiger partial charge in [-0.25, -0.2) is 0 Å². The summed E-state index contributed by atoms with van der Waals surface area (Å²) in [6.45, 7) is 2.34. The monoisotopic (exact) mass is 304 g/mol. The van der Waals surface area contributed by atoms with Crippen molar-refractivity contribution in [1.82, 2.24) is 9.88 Å². The average molecular weight is 304 g/mol. The second-order valence-corrected chi connectivity index (χ2v) is 6.93. The molecule has 0 bridgehead atoms. The Balaban J connectivity index is 1.68. The highest BCUT2D eigenvalue weighted by Crippen LogP contribution is 2.23. The number of rotatable bonds is 3. The van der Waals surface area contributed by atoms with Gasteiger partial charge in [-0.1, -0.05) is 19.8 Å². The zero-order valence-electron chi connectivity index (χ0n) is 12.2. The van der Waals surface area contributed by atoms with Crippen LogP contribution >= 0.6 is 11.3 Å². The summed E-state index contributed by atoms with van der Waals surface area (Å²) in [5.41, 5.74) is -0.0825. The van der Waals surface area contributed by atoms with E-state index in [1.165, 1.54) is 17.4 Å². The summed E-state index contributed by atoms with van der Waals surface area (Å²) in [6, 6.07) is 3.98. The van der Waals surface area contributed by atoms with Crippen molar-refractivity contribution in [1.29, 1.82) is 0 Å². The lowest BCUT2D eigenvalue weighted by molar-refractivity contribution is -0.122. The average Bonchev–Trinajstić information content (AvgIpc) is 2.91. The van der Waals surface area contributed by atoms with Crippen molar-refractivity contribution in [3.63, 3.8) is 0 Å². The van der Waals surface area contributed by atoms with Gasteiger partial charge in [-0.15, -0.1) is 11.3 Å². The van der Waals surface area contributed by atoms with E-state index >= 15 is 0 Å². The first kappa shape index (κ1) is 14.3. The topological polar surface area (TPSA) is 51.1 Å². The van der Waals surface area contributed by atoms with Crippen molar-refractivity contribution >= 4 is 27.3 Å². The summed E-state index contributed by atoms with van der Waals surface area (Å²) in [5.74, 6) is 0.611. The molecule has 1 saturated carbocycles. The maximum Gasteiger partial charge on any atom is 0.259 e. The second-order valence-electron chi connectivity index (χ2n) is 5.98. The molecule has 1 aliphatic rings. The molecule has 1 fully saturated rings. The van der Waals surface area contributed by atoms with Gasteiger partial charge in [0.15, 0.2) is 0 Å². The van der Waals surface area contributed by atoms with Crippen molar-refractivity contribution in [3.05, 3.63) is 34.1 Å². The predicted molar refractivity (Wildman–Crippen MR) is 85.6 cm³/mol. The van der Waals surface area contributed by atoms with Crippen LogP contribution in [0.1, 0.15) is 32.6 Å². The van der Waals surface area contributed by atoms with Gasteiger partial charge in [-0.3, -0.25) is 9.59 Å². The van der Waals surface area contributed by atoms with Crippen LogP contribution in [0.2, 0.25) is 0 Å². The first-order chi connectivity index (χ1) is 10.1. The minimum absolute atomic E-state index is 0.0641. The SMILES string of the molecule is CC1CCCC(NC(=O)Cn2ccc3sccc3c2=O)C1. The summed E-state index contributed by atoms with van der Waals surface area (Å²) in [6.07, 6.45) is 6.23. The molecule has 0 radical (unpaired) electrons. The van der Waals surface area contributed by atoms with Crippen molar-refractivity contribution in [3.8, 4) is 0 Å². The van der Waals surface area contributed by atoms with Gasteiger partial charge in [0.2, 0.25) is 5.91 Å². The van der Waals surface area contributed by atoms with Crippen LogP contribution in [-0.4, -0.2) is 16.5 Å². The van der Waals surface area contributed by atoms with Gasteiger partial charge in [-0.05, 0) is 36.3 Å². The highest BCUT2D eigenvalue weighted by molar-refractivity contribution is 7.17. The molecule has 5 heteroatoms. The highest BCUT2D eigenvalue weighted by Gasteiger charge is 2.20. The number of pyridine rings is 1. The van der Waals surface area contributed by atoms with Crippen LogP contribution in [0.4, 0.5) is 0 Å². The molecule has 1 aliphatic carbocycles. The second kappa shape index (κ2) is 6.02. The third-order valence-corrected chi connectivity index (χ3v) is 5.09. The molecule has 21 heavy (non-hydrogen) atoms. The minimum atomic E-state index is -0.0825. The van der Waals surface area contributed by atoms with E-state index in [0.717, 1.165) is 17.5 Å². The number of amides is 1. The molecule has 2 heterocycles. The Bertz CT molecular complexity index is 704. The summed E-state index contributed by atoms with van der Waals surface area (Å²) in [5, 5.41) is 5.67. The first-order valence-corrected chi connectivity index (χ1v) is 8.37. The molecule has 2 unspecified atom stereocenters. The molecule has 4 nitrogen and oxygen atoms in total. The molecule has 0 spiro atoms. The van der Waals surface area contributed by atoms with E-state index in [-0.39, 0.29) is 24.1 Å². The molecule has 0 aromatic carbocycles. The number of aromatic nitrogens is 1. The van der Waals surface area contributed by atoms with Gasteiger partial charge in [0.25, 0.3) is 5.56 Å². The number of carbonyl (C=O) groups is 1. The lowest BCUT2D eigenvalue weighted by Gasteiger charge is -2.27. The maximum atomic E-state index is 12.3. The fourth-order valence-electron chi connectivity index (χ4n) is 3.12. The molecule has 3 rings (SSSR count). The number of hydrogen-bond donors (Lipinski definition) is 1. The summed E-state index contributed by atoms with van der Waals surface area (Å²) in [4.78, 5) is 24.4. The van der Waals surface area contributed by atoms with Crippen LogP contribution in [0.25, 0.3) is 10.1 Å². The zero-order valence-corrected chi connectivity index (χ0v) is 13.0. The zero-order chi connectivity index (χ0) is 14.8. The summed E-state index contributed by atoms with van der Waals surface area (Å²) < 4.78 is 2.47. The standard InChI is InChI=1S/C16H20N2O2S/c1-11-3-2-4-12(9-11)17-15(19)10-18-7-5-14-13(16(18)20)6-8-21-14/h5-8,11-12H,2-4,9-10H2,1H3,(H,17,19). The highest BCUT2D eigenvalue weighted by atomic mass is 32.1.